The first-order valence-corrected chi connectivity index (χ1v) is 7.64. The smallest absolute Gasteiger partial charge is 0.0441 e. The molecular formula is C18H23ClN2. The fourth-order valence-corrected chi connectivity index (χ4v) is 3.06. The highest BCUT2D eigenvalue weighted by Gasteiger charge is 2.12. The predicted octanol–water partition coefficient (Wildman–Crippen LogP) is 3.88. The van der Waals surface area contributed by atoms with E-state index < -0.39 is 0 Å². The summed E-state index contributed by atoms with van der Waals surface area (Å²) in [6, 6.07) is 13.0. The lowest BCUT2D eigenvalue weighted by Gasteiger charge is -2.18. The summed E-state index contributed by atoms with van der Waals surface area (Å²) in [7, 11) is 0. The molecule has 2 aromatic carbocycles. The molecule has 0 aliphatic carbocycles. The van der Waals surface area contributed by atoms with Gasteiger partial charge in [-0.3, -0.25) is 11.3 Å². The number of rotatable bonds is 5. The molecule has 2 nitrogen and oxygen atoms in total. The zero-order chi connectivity index (χ0) is 15.4. The van der Waals surface area contributed by atoms with Gasteiger partial charge in [0.25, 0.3) is 0 Å². The van der Waals surface area contributed by atoms with E-state index in [0.29, 0.717) is 0 Å². The fourth-order valence-electron chi connectivity index (χ4n) is 2.74. The molecule has 21 heavy (non-hydrogen) atoms. The summed E-state index contributed by atoms with van der Waals surface area (Å²) in [5.74, 6) is 5.73. The Morgan fingerprint density at radius 1 is 0.952 bits per heavy atom. The Hall–Kier alpha value is -1.35. The van der Waals surface area contributed by atoms with Crippen molar-refractivity contribution in [3.05, 3.63) is 69.2 Å². The molecule has 0 aliphatic rings. The molecular weight excluding hydrogens is 280 g/mol. The summed E-state index contributed by atoms with van der Waals surface area (Å²) in [6.45, 7) is 6.29. The molecule has 0 heterocycles. The van der Waals surface area contributed by atoms with Gasteiger partial charge in [0.1, 0.15) is 0 Å². The van der Waals surface area contributed by atoms with Crippen molar-refractivity contribution in [1.82, 2.24) is 5.43 Å². The van der Waals surface area contributed by atoms with Crippen molar-refractivity contribution in [1.29, 1.82) is 0 Å². The summed E-state index contributed by atoms with van der Waals surface area (Å²) in [5.41, 5.74) is 9.11. The summed E-state index contributed by atoms with van der Waals surface area (Å²) < 4.78 is 0. The van der Waals surface area contributed by atoms with E-state index in [2.05, 4.69) is 49.6 Å². The van der Waals surface area contributed by atoms with Crippen molar-refractivity contribution in [3.8, 4) is 0 Å². The maximum Gasteiger partial charge on any atom is 0.0441 e. The lowest BCUT2D eigenvalue weighted by atomic mass is 9.97. The molecule has 3 N–H and O–H groups in total. The van der Waals surface area contributed by atoms with Crippen LogP contribution < -0.4 is 11.3 Å². The third kappa shape index (κ3) is 4.57. The van der Waals surface area contributed by atoms with Crippen molar-refractivity contribution in [2.45, 2.75) is 39.7 Å². The monoisotopic (exact) mass is 302 g/mol. The number of halogens is 1. The normalized spacial score (nSPS) is 12.4. The van der Waals surface area contributed by atoms with E-state index >= 15 is 0 Å². The van der Waals surface area contributed by atoms with Crippen molar-refractivity contribution in [3.63, 3.8) is 0 Å². The van der Waals surface area contributed by atoms with Crippen LogP contribution in [0.5, 0.6) is 0 Å². The lowest BCUT2D eigenvalue weighted by molar-refractivity contribution is 0.522. The third-order valence-corrected chi connectivity index (χ3v) is 4.03. The molecule has 0 fully saturated rings. The molecule has 0 saturated carbocycles. The highest BCUT2D eigenvalue weighted by atomic mass is 35.5. The maximum atomic E-state index is 6.32. The van der Waals surface area contributed by atoms with Crippen molar-refractivity contribution >= 4 is 11.6 Å². The first kappa shape index (κ1) is 16.0. The van der Waals surface area contributed by atoms with Gasteiger partial charge in [-0.2, -0.15) is 0 Å². The van der Waals surface area contributed by atoms with Gasteiger partial charge in [0.2, 0.25) is 0 Å². The Morgan fingerprint density at radius 3 is 2.19 bits per heavy atom. The van der Waals surface area contributed by atoms with Crippen LogP contribution >= 0.6 is 11.6 Å². The fraction of sp³-hybridized carbons (Fsp3) is 0.333. The van der Waals surface area contributed by atoms with Crippen molar-refractivity contribution in [2.24, 2.45) is 5.84 Å². The first-order chi connectivity index (χ1) is 9.97. The molecule has 0 spiro atoms. The summed E-state index contributed by atoms with van der Waals surface area (Å²) in [5, 5.41) is 0.815. The number of hydrogen-bond donors (Lipinski definition) is 2. The van der Waals surface area contributed by atoms with Crippen LogP contribution in [0.25, 0.3) is 0 Å². The molecule has 112 valence electrons. The summed E-state index contributed by atoms with van der Waals surface area (Å²) in [6.07, 6.45) is 1.71. The highest BCUT2D eigenvalue weighted by molar-refractivity contribution is 6.31. The second-order valence-electron chi connectivity index (χ2n) is 5.86. The Morgan fingerprint density at radius 2 is 1.62 bits per heavy atom. The van der Waals surface area contributed by atoms with Gasteiger partial charge < -0.3 is 0 Å². The van der Waals surface area contributed by atoms with Gasteiger partial charge in [0, 0.05) is 11.1 Å². The van der Waals surface area contributed by atoms with Crippen LogP contribution in [-0.2, 0) is 12.8 Å². The van der Waals surface area contributed by atoms with E-state index in [1.54, 1.807) is 0 Å². The zero-order valence-corrected chi connectivity index (χ0v) is 13.7. The number of nitrogens with two attached hydrogens (primary N) is 1. The van der Waals surface area contributed by atoms with E-state index in [4.69, 9.17) is 17.4 Å². The van der Waals surface area contributed by atoms with Crippen LogP contribution in [-0.4, -0.2) is 6.04 Å². The molecule has 0 radical (unpaired) electrons. The standard InChI is InChI=1S/C18H23ClN2/c1-12-4-5-16(18(19)9-12)11-17(21-20)10-15-7-13(2)6-14(3)8-15/h4-9,17,21H,10-11,20H2,1-3H3. The van der Waals surface area contributed by atoms with Crippen LogP contribution in [0.3, 0.4) is 0 Å². The summed E-state index contributed by atoms with van der Waals surface area (Å²) >= 11 is 6.32. The minimum atomic E-state index is 0.173. The van der Waals surface area contributed by atoms with E-state index in [0.717, 1.165) is 23.4 Å². The molecule has 2 rings (SSSR count). The maximum absolute atomic E-state index is 6.32. The molecule has 3 heteroatoms. The quantitative estimate of drug-likeness (QED) is 0.650. The van der Waals surface area contributed by atoms with Gasteiger partial charge >= 0.3 is 0 Å². The van der Waals surface area contributed by atoms with Gasteiger partial charge in [0.05, 0.1) is 0 Å². The van der Waals surface area contributed by atoms with E-state index in [1.807, 2.05) is 13.0 Å². The minimum Gasteiger partial charge on any atom is -0.271 e. The average molecular weight is 303 g/mol. The topological polar surface area (TPSA) is 38.0 Å². The Bertz CT molecular complexity index is 602. The molecule has 1 unspecified atom stereocenters. The Balaban J connectivity index is 2.12. The third-order valence-electron chi connectivity index (χ3n) is 3.67. The SMILES string of the molecule is Cc1cc(C)cc(CC(Cc2ccc(C)cc2Cl)NN)c1. The van der Waals surface area contributed by atoms with Crippen LogP contribution in [0, 0.1) is 20.8 Å². The zero-order valence-electron chi connectivity index (χ0n) is 12.9. The van der Waals surface area contributed by atoms with E-state index in [9.17, 15) is 0 Å². The summed E-state index contributed by atoms with van der Waals surface area (Å²) in [4.78, 5) is 0. The number of hydrazine groups is 1. The van der Waals surface area contributed by atoms with E-state index in [1.165, 1.54) is 22.3 Å². The number of nitrogens with one attached hydrogen (secondary N) is 1. The Labute approximate surface area is 132 Å². The number of benzene rings is 2. The second-order valence-corrected chi connectivity index (χ2v) is 6.27. The van der Waals surface area contributed by atoms with Gasteiger partial charge in [0.15, 0.2) is 0 Å². The average Bonchev–Trinajstić information content (AvgIpc) is 2.39. The number of aryl methyl sites for hydroxylation is 3. The second kappa shape index (κ2) is 7.08. The van der Waals surface area contributed by atoms with Crippen molar-refractivity contribution < 1.29 is 0 Å². The molecule has 0 bridgehead atoms. The van der Waals surface area contributed by atoms with Crippen LogP contribution in [0.1, 0.15) is 27.8 Å². The van der Waals surface area contributed by atoms with Gasteiger partial charge in [-0.25, -0.2) is 0 Å². The van der Waals surface area contributed by atoms with Crippen LogP contribution in [0.2, 0.25) is 5.02 Å². The molecule has 0 saturated heterocycles. The predicted molar refractivity (Wildman–Crippen MR) is 90.6 cm³/mol. The highest BCUT2D eigenvalue weighted by Crippen LogP contribution is 2.20. The van der Waals surface area contributed by atoms with Crippen LogP contribution in [0.4, 0.5) is 0 Å². The Kier molecular flexibility index (Phi) is 5.40. The minimum absolute atomic E-state index is 0.173. The van der Waals surface area contributed by atoms with Crippen molar-refractivity contribution in [2.75, 3.05) is 0 Å². The number of hydrogen-bond acceptors (Lipinski definition) is 2. The lowest BCUT2D eigenvalue weighted by Crippen LogP contribution is -2.38. The van der Waals surface area contributed by atoms with Gasteiger partial charge in [-0.05, 0) is 56.4 Å². The van der Waals surface area contributed by atoms with Crippen LogP contribution in [0.15, 0.2) is 36.4 Å². The first-order valence-electron chi connectivity index (χ1n) is 7.26. The molecule has 0 aliphatic heterocycles. The van der Waals surface area contributed by atoms with Gasteiger partial charge in [-0.1, -0.05) is 53.1 Å². The molecule has 1 atom stereocenters. The molecule has 0 amide bonds. The molecule has 0 aromatic heterocycles. The van der Waals surface area contributed by atoms with E-state index in [-0.39, 0.29) is 6.04 Å². The molecule has 2 aromatic rings. The largest absolute Gasteiger partial charge is 0.271 e. The van der Waals surface area contributed by atoms with Gasteiger partial charge in [-0.15, -0.1) is 0 Å².